The summed E-state index contributed by atoms with van der Waals surface area (Å²) in [5.74, 6) is -0.821. The summed E-state index contributed by atoms with van der Waals surface area (Å²) in [5.41, 5.74) is 0.943. The number of nitrogens with zero attached hydrogens (tertiary/aromatic N) is 1. The van der Waals surface area contributed by atoms with Crippen molar-refractivity contribution in [2.24, 2.45) is 0 Å². The Kier molecular flexibility index (Phi) is 7.57. The Morgan fingerprint density at radius 1 is 1.07 bits per heavy atom. The number of thiophene rings is 1. The van der Waals surface area contributed by atoms with Gasteiger partial charge in [0.15, 0.2) is 11.6 Å². The Hall–Kier alpha value is -3.19. The van der Waals surface area contributed by atoms with Gasteiger partial charge in [0, 0.05) is 13.5 Å². The highest BCUT2D eigenvalue weighted by Gasteiger charge is 2.25. The topological polar surface area (TPSA) is 58.6 Å². The standard InChI is InChI=1S/C23H23FN2O3S/c1-26(13-14-29-20-11-6-5-10-18(20)24)23(28)19(16-17-8-3-2-4-9-17)25-22(27)21-12-7-15-30-21/h2-12,15,19H,13-14,16H2,1H3,(H,25,27)/t19-/m0/s1. The molecule has 0 bridgehead atoms. The van der Waals surface area contributed by atoms with Gasteiger partial charge in [-0.15, -0.1) is 11.3 Å². The number of nitrogens with one attached hydrogen (secondary N) is 1. The van der Waals surface area contributed by atoms with E-state index in [-0.39, 0.29) is 30.7 Å². The zero-order chi connectivity index (χ0) is 21.3. The van der Waals surface area contributed by atoms with Gasteiger partial charge in [0.2, 0.25) is 5.91 Å². The minimum absolute atomic E-state index is 0.139. The molecule has 0 aliphatic heterocycles. The zero-order valence-electron chi connectivity index (χ0n) is 16.6. The van der Waals surface area contributed by atoms with Crippen LogP contribution in [0.25, 0.3) is 0 Å². The summed E-state index contributed by atoms with van der Waals surface area (Å²) >= 11 is 1.32. The minimum Gasteiger partial charge on any atom is -0.489 e. The van der Waals surface area contributed by atoms with Crippen LogP contribution in [0, 0.1) is 5.82 Å². The van der Waals surface area contributed by atoms with Crippen molar-refractivity contribution in [3.05, 3.63) is 88.4 Å². The van der Waals surface area contributed by atoms with Crippen LogP contribution in [-0.2, 0) is 11.2 Å². The summed E-state index contributed by atoms with van der Waals surface area (Å²) in [6.07, 6.45) is 0.370. The summed E-state index contributed by atoms with van der Waals surface area (Å²) in [6, 6.07) is 18.4. The molecule has 3 rings (SSSR count). The van der Waals surface area contributed by atoms with Crippen molar-refractivity contribution in [2.45, 2.75) is 12.5 Å². The van der Waals surface area contributed by atoms with Gasteiger partial charge in [-0.2, -0.15) is 0 Å². The highest BCUT2D eigenvalue weighted by Crippen LogP contribution is 2.15. The number of ether oxygens (including phenoxy) is 1. The van der Waals surface area contributed by atoms with Crippen molar-refractivity contribution < 1.29 is 18.7 Å². The third-order valence-electron chi connectivity index (χ3n) is 4.53. The van der Waals surface area contributed by atoms with Crippen molar-refractivity contribution in [3.63, 3.8) is 0 Å². The van der Waals surface area contributed by atoms with E-state index in [2.05, 4.69) is 5.32 Å². The van der Waals surface area contributed by atoms with E-state index >= 15 is 0 Å². The summed E-state index contributed by atoms with van der Waals surface area (Å²) in [7, 11) is 1.64. The molecule has 0 radical (unpaired) electrons. The average molecular weight is 427 g/mol. The van der Waals surface area contributed by atoms with Crippen molar-refractivity contribution in [3.8, 4) is 5.75 Å². The quantitative estimate of drug-likeness (QED) is 0.567. The van der Waals surface area contributed by atoms with Gasteiger partial charge < -0.3 is 15.0 Å². The van der Waals surface area contributed by atoms with Gasteiger partial charge in [-0.25, -0.2) is 4.39 Å². The monoisotopic (exact) mass is 426 g/mol. The van der Waals surface area contributed by atoms with Gasteiger partial charge in [-0.05, 0) is 29.1 Å². The molecule has 1 N–H and O–H groups in total. The van der Waals surface area contributed by atoms with Crippen LogP contribution in [0.2, 0.25) is 0 Å². The minimum atomic E-state index is -0.722. The molecule has 0 saturated heterocycles. The molecule has 0 unspecified atom stereocenters. The van der Waals surface area contributed by atoms with Gasteiger partial charge in [0.05, 0.1) is 11.4 Å². The van der Waals surface area contributed by atoms with Crippen LogP contribution in [0.15, 0.2) is 72.1 Å². The second-order valence-corrected chi connectivity index (χ2v) is 7.68. The lowest BCUT2D eigenvalue weighted by atomic mass is 10.0. The smallest absolute Gasteiger partial charge is 0.262 e. The molecule has 156 valence electrons. The first kappa shape index (κ1) is 21.5. The lowest BCUT2D eigenvalue weighted by Gasteiger charge is -2.25. The number of likely N-dealkylation sites (N-methyl/N-ethyl adjacent to an activating group) is 1. The summed E-state index contributed by atoms with van der Waals surface area (Å²) < 4.78 is 19.1. The zero-order valence-corrected chi connectivity index (χ0v) is 17.4. The van der Waals surface area contributed by atoms with Crippen LogP contribution in [0.3, 0.4) is 0 Å². The first-order valence-corrected chi connectivity index (χ1v) is 10.4. The van der Waals surface area contributed by atoms with Crippen molar-refractivity contribution in [1.29, 1.82) is 0 Å². The fraction of sp³-hybridized carbons (Fsp3) is 0.217. The van der Waals surface area contributed by atoms with E-state index in [4.69, 9.17) is 4.74 Å². The van der Waals surface area contributed by atoms with Crippen molar-refractivity contribution in [2.75, 3.05) is 20.2 Å². The third kappa shape index (κ3) is 5.90. The fourth-order valence-corrected chi connectivity index (χ4v) is 3.54. The molecule has 0 aliphatic rings. The fourth-order valence-electron chi connectivity index (χ4n) is 2.92. The van der Waals surface area contributed by atoms with Gasteiger partial charge in [0.1, 0.15) is 12.6 Å². The summed E-state index contributed by atoms with van der Waals surface area (Å²) in [6.45, 7) is 0.396. The highest BCUT2D eigenvalue weighted by atomic mass is 32.1. The Morgan fingerprint density at radius 3 is 2.50 bits per heavy atom. The first-order chi connectivity index (χ1) is 14.5. The van der Waals surface area contributed by atoms with Crippen LogP contribution in [0.4, 0.5) is 4.39 Å². The molecule has 0 spiro atoms. The number of hydrogen-bond donors (Lipinski definition) is 1. The molecule has 0 fully saturated rings. The van der Waals surface area contributed by atoms with Crippen molar-refractivity contribution >= 4 is 23.2 Å². The van der Waals surface area contributed by atoms with E-state index in [1.54, 1.807) is 31.3 Å². The molecule has 2 amide bonds. The molecular formula is C23H23FN2O3S. The third-order valence-corrected chi connectivity index (χ3v) is 5.40. The van der Waals surface area contributed by atoms with E-state index in [0.717, 1.165) is 5.56 Å². The predicted octanol–water partition coefficient (Wildman–Crippen LogP) is 3.77. The number of rotatable bonds is 9. The van der Waals surface area contributed by atoms with Crippen molar-refractivity contribution in [1.82, 2.24) is 10.2 Å². The SMILES string of the molecule is CN(CCOc1ccccc1F)C(=O)[C@H](Cc1ccccc1)NC(=O)c1cccs1. The maximum absolute atomic E-state index is 13.7. The number of halogens is 1. The lowest BCUT2D eigenvalue weighted by molar-refractivity contribution is -0.132. The van der Waals surface area contributed by atoms with Gasteiger partial charge in [-0.3, -0.25) is 9.59 Å². The van der Waals surface area contributed by atoms with E-state index in [1.165, 1.54) is 28.4 Å². The summed E-state index contributed by atoms with van der Waals surface area (Å²) in [4.78, 5) is 27.6. The molecule has 0 aliphatic carbocycles. The number of carbonyl (C=O) groups excluding carboxylic acids is 2. The van der Waals surface area contributed by atoms with Crippen LogP contribution in [0.1, 0.15) is 15.2 Å². The first-order valence-electron chi connectivity index (χ1n) is 9.55. The van der Waals surface area contributed by atoms with Gasteiger partial charge in [-0.1, -0.05) is 48.5 Å². The highest BCUT2D eigenvalue weighted by molar-refractivity contribution is 7.12. The molecule has 2 aromatic carbocycles. The molecule has 7 heteroatoms. The Bertz CT molecular complexity index is 964. The van der Waals surface area contributed by atoms with Crippen LogP contribution >= 0.6 is 11.3 Å². The number of amides is 2. The number of hydrogen-bond acceptors (Lipinski definition) is 4. The van der Waals surface area contributed by atoms with E-state index in [0.29, 0.717) is 11.3 Å². The Labute approximate surface area is 179 Å². The largest absolute Gasteiger partial charge is 0.489 e. The molecule has 1 heterocycles. The molecule has 3 aromatic rings. The second-order valence-electron chi connectivity index (χ2n) is 6.73. The Morgan fingerprint density at radius 2 is 1.80 bits per heavy atom. The average Bonchev–Trinajstić information content (AvgIpc) is 3.30. The maximum Gasteiger partial charge on any atom is 0.262 e. The molecular weight excluding hydrogens is 403 g/mol. The lowest BCUT2D eigenvalue weighted by Crippen LogP contribution is -2.49. The van der Waals surface area contributed by atoms with E-state index in [9.17, 15) is 14.0 Å². The number of benzene rings is 2. The second kappa shape index (κ2) is 10.5. The van der Waals surface area contributed by atoms with Gasteiger partial charge in [0.25, 0.3) is 5.91 Å². The van der Waals surface area contributed by atoms with E-state index < -0.39 is 11.9 Å². The molecule has 1 atom stereocenters. The Balaban J connectivity index is 1.63. The molecule has 30 heavy (non-hydrogen) atoms. The molecule has 5 nitrogen and oxygen atoms in total. The summed E-state index contributed by atoms with van der Waals surface area (Å²) in [5, 5.41) is 4.66. The van der Waals surface area contributed by atoms with Crippen LogP contribution in [-0.4, -0.2) is 43.0 Å². The molecule has 0 saturated carbocycles. The molecule has 1 aromatic heterocycles. The maximum atomic E-state index is 13.7. The van der Waals surface area contributed by atoms with E-state index in [1.807, 2.05) is 35.7 Å². The predicted molar refractivity (Wildman–Crippen MR) is 115 cm³/mol. The van der Waals surface area contributed by atoms with Gasteiger partial charge >= 0.3 is 0 Å². The van der Waals surface area contributed by atoms with Crippen LogP contribution < -0.4 is 10.1 Å². The number of carbonyl (C=O) groups is 2. The van der Waals surface area contributed by atoms with Crippen LogP contribution in [0.5, 0.6) is 5.75 Å². The normalized spacial score (nSPS) is 11.5. The number of para-hydroxylation sites is 1.